The summed E-state index contributed by atoms with van der Waals surface area (Å²) in [6, 6.07) is 3.38. The summed E-state index contributed by atoms with van der Waals surface area (Å²) < 4.78 is 1.29. The summed E-state index contributed by atoms with van der Waals surface area (Å²) in [7, 11) is 0. The molecule has 21 heavy (non-hydrogen) atoms. The number of phenols is 1. The molecule has 0 aliphatic carbocycles. The molecule has 2 aromatic rings. The molecule has 1 aromatic heterocycles. The Morgan fingerprint density at radius 3 is 2.86 bits per heavy atom. The molecule has 0 aliphatic rings. The third kappa shape index (κ3) is 3.80. The molecule has 1 amide bonds. The molecule has 9 heteroatoms. The van der Waals surface area contributed by atoms with E-state index >= 15 is 0 Å². The lowest BCUT2D eigenvalue weighted by molar-refractivity contribution is 0.0958. The summed E-state index contributed by atoms with van der Waals surface area (Å²) in [6.07, 6.45) is 1.35. The Morgan fingerprint density at radius 1 is 1.52 bits per heavy atom. The number of rotatable bonds is 3. The molecule has 0 fully saturated rings. The predicted octanol–water partition coefficient (Wildman–Crippen LogP) is 3.03. The zero-order valence-corrected chi connectivity index (χ0v) is 14.7. The van der Waals surface area contributed by atoms with Crippen molar-refractivity contribution in [2.24, 2.45) is 5.10 Å². The van der Waals surface area contributed by atoms with E-state index in [2.05, 4.69) is 47.4 Å². The molecule has 0 spiro atoms. The second kappa shape index (κ2) is 6.54. The van der Waals surface area contributed by atoms with E-state index in [-0.39, 0.29) is 5.75 Å². The van der Waals surface area contributed by atoms with Gasteiger partial charge in [0.1, 0.15) is 10.6 Å². The molecule has 0 aliphatic heterocycles. The average Bonchev–Trinajstić information content (AvgIpc) is 2.74. The van der Waals surface area contributed by atoms with Gasteiger partial charge >= 0.3 is 0 Å². The van der Waals surface area contributed by atoms with Crippen LogP contribution < -0.4 is 11.2 Å². The average molecular weight is 434 g/mol. The highest BCUT2D eigenvalue weighted by Gasteiger charge is 2.13. The van der Waals surface area contributed by atoms with Gasteiger partial charge in [0.15, 0.2) is 5.13 Å². The van der Waals surface area contributed by atoms with Crippen LogP contribution in [0, 0.1) is 6.92 Å². The molecule has 4 N–H and O–H groups in total. The molecular weight excluding hydrogens is 424 g/mol. The molecule has 0 saturated carbocycles. The van der Waals surface area contributed by atoms with Crippen molar-refractivity contribution >= 4 is 60.5 Å². The van der Waals surface area contributed by atoms with E-state index in [0.717, 1.165) is 15.8 Å². The summed E-state index contributed by atoms with van der Waals surface area (Å²) in [5, 5.41) is 14.0. The molecule has 0 atom stereocenters. The fraction of sp³-hybridized carbons (Fsp3) is 0.0833. The Bertz CT molecular complexity index is 730. The Labute approximate surface area is 141 Å². The molecule has 1 aromatic carbocycles. The summed E-state index contributed by atoms with van der Waals surface area (Å²) in [6.45, 7) is 1.70. The van der Waals surface area contributed by atoms with E-state index in [1.54, 1.807) is 19.1 Å². The maximum Gasteiger partial charge on any atom is 0.283 e. The number of carbonyl (C=O) groups is 1. The van der Waals surface area contributed by atoms with Crippen LogP contribution in [0.1, 0.15) is 20.9 Å². The monoisotopic (exact) mass is 432 g/mol. The predicted molar refractivity (Wildman–Crippen MR) is 89.8 cm³/mol. The molecule has 110 valence electrons. The van der Waals surface area contributed by atoms with Crippen LogP contribution in [0.4, 0.5) is 5.13 Å². The highest BCUT2D eigenvalue weighted by atomic mass is 79.9. The minimum atomic E-state index is -0.397. The summed E-state index contributed by atoms with van der Waals surface area (Å²) in [5.74, 6) is -0.360. The lowest BCUT2D eigenvalue weighted by Gasteiger charge is -2.03. The number of aryl methyl sites for hydroxylation is 1. The number of halogens is 2. The number of nitrogens with one attached hydrogen (secondary N) is 1. The number of thiazole rings is 1. The fourth-order valence-electron chi connectivity index (χ4n) is 1.52. The molecule has 0 bridgehead atoms. The molecule has 0 saturated heterocycles. The van der Waals surface area contributed by atoms with Gasteiger partial charge in [0, 0.05) is 10.0 Å². The van der Waals surface area contributed by atoms with Crippen molar-refractivity contribution in [1.29, 1.82) is 0 Å². The van der Waals surface area contributed by atoms with Crippen molar-refractivity contribution in [2.45, 2.75) is 6.92 Å². The number of benzene rings is 1. The second-order valence-electron chi connectivity index (χ2n) is 3.99. The number of phenolic OH excluding ortho intramolecular Hbond substituents is 1. The fourth-order valence-corrected chi connectivity index (χ4v) is 3.51. The zero-order valence-electron chi connectivity index (χ0n) is 10.7. The van der Waals surface area contributed by atoms with Crippen molar-refractivity contribution in [3.8, 4) is 5.75 Å². The number of aromatic nitrogens is 1. The van der Waals surface area contributed by atoms with Crippen molar-refractivity contribution in [1.82, 2.24) is 10.4 Å². The van der Waals surface area contributed by atoms with Crippen LogP contribution in [0.3, 0.4) is 0 Å². The minimum absolute atomic E-state index is 0.0365. The van der Waals surface area contributed by atoms with Gasteiger partial charge in [0.05, 0.1) is 16.4 Å². The van der Waals surface area contributed by atoms with Gasteiger partial charge in [-0.3, -0.25) is 4.79 Å². The zero-order chi connectivity index (χ0) is 15.6. The topological polar surface area (TPSA) is 101 Å². The Balaban J connectivity index is 2.13. The third-order valence-electron chi connectivity index (χ3n) is 2.45. The van der Waals surface area contributed by atoms with Crippen LogP contribution in [-0.2, 0) is 0 Å². The highest BCUT2D eigenvalue weighted by molar-refractivity contribution is 9.11. The van der Waals surface area contributed by atoms with E-state index in [1.807, 2.05) is 0 Å². The van der Waals surface area contributed by atoms with Crippen molar-refractivity contribution < 1.29 is 9.90 Å². The van der Waals surface area contributed by atoms with Crippen LogP contribution >= 0.6 is 43.2 Å². The van der Waals surface area contributed by atoms with Crippen molar-refractivity contribution in [3.05, 3.63) is 37.2 Å². The molecule has 6 nitrogen and oxygen atoms in total. The SMILES string of the molecule is Cc1nc(N)sc1C(=O)N/N=C/c1cc(Br)cc(Br)c1O. The van der Waals surface area contributed by atoms with E-state index in [9.17, 15) is 9.90 Å². The number of carbonyl (C=O) groups excluding carboxylic acids is 1. The number of nitrogen functional groups attached to an aromatic ring is 1. The number of nitrogens with zero attached hydrogens (tertiary/aromatic N) is 2. The quantitative estimate of drug-likeness (QED) is 0.511. The molecule has 1 heterocycles. The highest BCUT2D eigenvalue weighted by Crippen LogP contribution is 2.30. The number of amides is 1. The van der Waals surface area contributed by atoms with Gasteiger partial charge in [-0.2, -0.15) is 5.10 Å². The first kappa shape index (κ1) is 15.9. The van der Waals surface area contributed by atoms with Crippen LogP contribution in [0.5, 0.6) is 5.75 Å². The molecule has 0 unspecified atom stereocenters. The Hall–Kier alpha value is -1.45. The Morgan fingerprint density at radius 2 is 2.24 bits per heavy atom. The number of nitrogens with two attached hydrogens (primary N) is 1. The van der Waals surface area contributed by atoms with Crippen LogP contribution in [-0.4, -0.2) is 22.2 Å². The number of aromatic hydroxyl groups is 1. The minimum Gasteiger partial charge on any atom is -0.506 e. The first-order valence-corrected chi connectivity index (χ1v) is 8.03. The second-order valence-corrected chi connectivity index (χ2v) is 6.79. The number of hydrazone groups is 1. The molecule has 0 radical (unpaired) electrons. The van der Waals surface area contributed by atoms with Crippen molar-refractivity contribution in [3.63, 3.8) is 0 Å². The maximum absolute atomic E-state index is 11.9. The summed E-state index contributed by atoms with van der Waals surface area (Å²) in [5.41, 5.74) is 8.92. The maximum atomic E-state index is 11.9. The van der Waals surface area contributed by atoms with Crippen LogP contribution in [0.15, 0.2) is 26.2 Å². The summed E-state index contributed by atoms with van der Waals surface area (Å²) in [4.78, 5) is 16.3. The van der Waals surface area contributed by atoms with Gasteiger partial charge in [0.25, 0.3) is 5.91 Å². The van der Waals surface area contributed by atoms with Gasteiger partial charge < -0.3 is 10.8 Å². The third-order valence-corrected chi connectivity index (χ3v) is 4.49. The van der Waals surface area contributed by atoms with E-state index in [0.29, 0.717) is 25.7 Å². The Kier molecular flexibility index (Phi) is 4.96. The van der Waals surface area contributed by atoms with Gasteiger partial charge in [-0.1, -0.05) is 27.3 Å². The van der Waals surface area contributed by atoms with E-state index in [1.165, 1.54) is 6.21 Å². The summed E-state index contributed by atoms with van der Waals surface area (Å²) >= 11 is 7.62. The number of hydrogen-bond acceptors (Lipinski definition) is 6. The molecular formula is C12H10Br2N4O2S. The number of anilines is 1. The largest absolute Gasteiger partial charge is 0.506 e. The molecule has 2 rings (SSSR count). The normalized spacial score (nSPS) is 11.0. The van der Waals surface area contributed by atoms with Gasteiger partial charge in [-0.25, -0.2) is 10.4 Å². The smallest absolute Gasteiger partial charge is 0.283 e. The van der Waals surface area contributed by atoms with Crippen LogP contribution in [0.2, 0.25) is 0 Å². The van der Waals surface area contributed by atoms with E-state index < -0.39 is 5.91 Å². The van der Waals surface area contributed by atoms with Gasteiger partial charge in [-0.05, 0) is 35.0 Å². The first-order chi connectivity index (χ1) is 9.88. The van der Waals surface area contributed by atoms with E-state index in [4.69, 9.17) is 5.73 Å². The lowest BCUT2D eigenvalue weighted by atomic mass is 10.2. The lowest BCUT2D eigenvalue weighted by Crippen LogP contribution is -2.17. The van der Waals surface area contributed by atoms with Crippen LogP contribution in [0.25, 0.3) is 0 Å². The standard InChI is InChI=1S/C12H10Br2N4O2S/c1-5-10(21-12(15)17-5)11(20)18-16-4-6-2-7(13)3-8(14)9(6)19/h2-4,19H,1H3,(H2,15,17)(H,18,20)/b16-4+. The first-order valence-electron chi connectivity index (χ1n) is 5.63. The number of hydrogen-bond donors (Lipinski definition) is 3. The van der Waals surface area contributed by atoms with Gasteiger partial charge in [0.2, 0.25) is 0 Å². The van der Waals surface area contributed by atoms with Gasteiger partial charge in [-0.15, -0.1) is 0 Å². The van der Waals surface area contributed by atoms with Crippen molar-refractivity contribution in [2.75, 3.05) is 5.73 Å².